The standard InChI is InChI=1S/C23H27N3O/c1-2-6-20(7-3-1)8-11-23(18-25-17-14-24-19-25)27-22-12-9-21(10-13-22)26-15-4-5-16-26/h1-3,6-7,9-10,12-14,17,19,23H,4-5,8,11,15-16,18H2. The first kappa shape index (κ1) is 17.7. The molecule has 1 unspecified atom stereocenters. The SMILES string of the molecule is c1ccc(CCC(Cn2ccnc2)Oc2ccc(N3CCCC3)cc2)cc1. The number of nitrogens with zero attached hydrogens (tertiary/aromatic N) is 3. The summed E-state index contributed by atoms with van der Waals surface area (Å²) in [5.74, 6) is 0.941. The topological polar surface area (TPSA) is 30.3 Å². The Morgan fingerprint density at radius 1 is 0.963 bits per heavy atom. The minimum atomic E-state index is 0.108. The van der Waals surface area contributed by atoms with Gasteiger partial charge in [0.15, 0.2) is 0 Å². The molecule has 1 aliphatic heterocycles. The van der Waals surface area contributed by atoms with Crippen LogP contribution in [-0.2, 0) is 13.0 Å². The van der Waals surface area contributed by atoms with Gasteiger partial charge in [0.05, 0.1) is 12.9 Å². The first-order valence-electron chi connectivity index (χ1n) is 9.88. The summed E-state index contributed by atoms with van der Waals surface area (Å²) in [7, 11) is 0. The zero-order valence-electron chi connectivity index (χ0n) is 15.7. The second kappa shape index (κ2) is 8.76. The highest BCUT2D eigenvalue weighted by atomic mass is 16.5. The van der Waals surface area contributed by atoms with Crippen LogP contribution in [-0.4, -0.2) is 28.7 Å². The maximum Gasteiger partial charge on any atom is 0.119 e. The van der Waals surface area contributed by atoms with Gasteiger partial charge in [-0.2, -0.15) is 0 Å². The molecule has 2 heterocycles. The fraction of sp³-hybridized carbons (Fsp3) is 0.348. The summed E-state index contributed by atoms with van der Waals surface area (Å²) >= 11 is 0. The predicted molar refractivity (Wildman–Crippen MR) is 109 cm³/mol. The third kappa shape index (κ3) is 4.91. The van der Waals surface area contributed by atoms with Gasteiger partial charge in [0.2, 0.25) is 0 Å². The molecule has 0 aliphatic carbocycles. The summed E-state index contributed by atoms with van der Waals surface area (Å²) in [6.07, 6.45) is 10.3. The molecule has 4 nitrogen and oxygen atoms in total. The van der Waals surface area contributed by atoms with E-state index in [1.807, 2.05) is 18.7 Å². The van der Waals surface area contributed by atoms with Crippen molar-refractivity contribution in [1.29, 1.82) is 0 Å². The van der Waals surface area contributed by atoms with Crippen LogP contribution in [0.25, 0.3) is 0 Å². The zero-order chi connectivity index (χ0) is 18.3. The number of aromatic nitrogens is 2. The van der Waals surface area contributed by atoms with E-state index in [1.54, 1.807) is 0 Å². The molecule has 0 N–H and O–H groups in total. The summed E-state index contributed by atoms with van der Waals surface area (Å²) < 4.78 is 8.45. The van der Waals surface area contributed by atoms with Crippen LogP contribution in [0, 0.1) is 0 Å². The molecule has 1 saturated heterocycles. The maximum absolute atomic E-state index is 6.36. The van der Waals surface area contributed by atoms with Crippen LogP contribution in [0.4, 0.5) is 5.69 Å². The molecule has 1 aliphatic rings. The number of hydrogen-bond acceptors (Lipinski definition) is 3. The molecule has 4 rings (SSSR count). The minimum absolute atomic E-state index is 0.108. The van der Waals surface area contributed by atoms with Crippen molar-refractivity contribution in [2.45, 2.75) is 38.3 Å². The van der Waals surface area contributed by atoms with Gasteiger partial charge in [-0.25, -0.2) is 4.98 Å². The molecule has 1 aromatic heterocycles. The van der Waals surface area contributed by atoms with Crippen LogP contribution in [0.15, 0.2) is 73.3 Å². The summed E-state index contributed by atoms with van der Waals surface area (Å²) in [6.45, 7) is 3.14. The first-order valence-corrected chi connectivity index (χ1v) is 9.88. The molecule has 1 fully saturated rings. The van der Waals surface area contributed by atoms with Crippen molar-refractivity contribution in [2.24, 2.45) is 0 Å². The summed E-state index contributed by atoms with van der Waals surface area (Å²) in [5, 5.41) is 0. The van der Waals surface area contributed by atoms with Gasteiger partial charge in [0.1, 0.15) is 11.9 Å². The number of anilines is 1. The van der Waals surface area contributed by atoms with Crippen LogP contribution < -0.4 is 9.64 Å². The maximum atomic E-state index is 6.36. The lowest BCUT2D eigenvalue weighted by molar-refractivity contribution is 0.170. The van der Waals surface area contributed by atoms with E-state index in [-0.39, 0.29) is 6.10 Å². The van der Waals surface area contributed by atoms with Crippen LogP contribution in [0.1, 0.15) is 24.8 Å². The lowest BCUT2D eigenvalue weighted by atomic mass is 10.1. The van der Waals surface area contributed by atoms with Crippen molar-refractivity contribution in [3.05, 3.63) is 78.9 Å². The van der Waals surface area contributed by atoms with Gasteiger partial charge >= 0.3 is 0 Å². The normalized spacial score (nSPS) is 15.0. The van der Waals surface area contributed by atoms with E-state index in [0.29, 0.717) is 0 Å². The average molecular weight is 361 g/mol. The molecule has 0 spiro atoms. The highest BCUT2D eigenvalue weighted by Gasteiger charge is 2.14. The molecule has 140 valence electrons. The Labute approximate surface area is 161 Å². The predicted octanol–water partition coefficient (Wildman–Crippen LogP) is 4.56. The van der Waals surface area contributed by atoms with E-state index in [4.69, 9.17) is 4.74 Å². The quantitative estimate of drug-likeness (QED) is 0.589. The lowest BCUT2D eigenvalue weighted by Gasteiger charge is -2.21. The molecular formula is C23H27N3O. The van der Waals surface area contributed by atoms with Gasteiger partial charge in [0.25, 0.3) is 0 Å². The molecule has 0 radical (unpaired) electrons. The summed E-state index contributed by atoms with van der Waals surface area (Å²) in [6, 6.07) is 19.2. The summed E-state index contributed by atoms with van der Waals surface area (Å²) in [4.78, 5) is 6.60. The molecule has 4 heteroatoms. The van der Waals surface area contributed by atoms with Crippen molar-refractivity contribution in [3.8, 4) is 5.75 Å². The fourth-order valence-electron chi connectivity index (χ4n) is 3.69. The number of benzene rings is 2. The van der Waals surface area contributed by atoms with E-state index in [9.17, 15) is 0 Å². The van der Waals surface area contributed by atoms with E-state index in [2.05, 4.69) is 69.0 Å². The number of aryl methyl sites for hydroxylation is 1. The number of rotatable bonds is 8. The minimum Gasteiger partial charge on any atom is -0.489 e. The Hall–Kier alpha value is -2.75. The Morgan fingerprint density at radius 3 is 2.44 bits per heavy atom. The Kier molecular flexibility index (Phi) is 5.73. The highest BCUT2D eigenvalue weighted by molar-refractivity contribution is 5.49. The van der Waals surface area contributed by atoms with Gasteiger partial charge < -0.3 is 14.2 Å². The monoisotopic (exact) mass is 361 g/mol. The Morgan fingerprint density at radius 2 is 1.74 bits per heavy atom. The second-order valence-corrected chi connectivity index (χ2v) is 7.21. The number of hydrogen-bond donors (Lipinski definition) is 0. The molecule has 0 amide bonds. The number of imidazole rings is 1. The largest absolute Gasteiger partial charge is 0.489 e. The van der Waals surface area contributed by atoms with Gasteiger partial charge in [-0.1, -0.05) is 30.3 Å². The van der Waals surface area contributed by atoms with Crippen LogP contribution in [0.3, 0.4) is 0 Å². The zero-order valence-corrected chi connectivity index (χ0v) is 15.7. The second-order valence-electron chi connectivity index (χ2n) is 7.21. The van der Waals surface area contributed by atoms with Gasteiger partial charge in [-0.05, 0) is 55.5 Å². The molecule has 0 saturated carbocycles. The van der Waals surface area contributed by atoms with Crippen molar-refractivity contribution in [2.75, 3.05) is 18.0 Å². The van der Waals surface area contributed by atoms with Crippen molar-refractivity contribution < 1.29 is 4.74 Å². The molecule has 2 aromatic carbocycles. The van der Waals surface area contributed by atoms with E-state index in [0.717, 1.165) is 25.1 Å². The third-order valence-electron chi connectivity index (χ3n) is 5.18. The third-order valence-corrected chi connectivity index (χ3v) is 5.18. The van der Waals surface area contributed by atoms with Crippen molar-refractivity contribution >= 4 is 5.69 Å². The lowest BCUT2D eigenvalue weighted by Crippen LogP contribution is -2.23. The fourth-order valence-corrected chi connectivity index (χ4v) is 3.69. The van der Waals surface area contributed by atoms with Gasteiger partial charge in [-0.3, -0.25) is 0 Å². The smallest absolute Gasteiger partial charge is 0.119 e. The Balaban J connectivity index is 1.41. The van der Waals surface area contributed by atoms with Gasteiger partial charge in [-0.15, -0.1) is 0 Å². The molecular weight excluding hydrogens is 334 g/mol. The van der Waals surface area contributed by atoms with E-state index in [1.165, 1.54) is 37.2 Å². The number of ether oxygens (including phenoxy) is 1. The van der Waals surface area contributed by atoms with E-state index < -0.39 is 0 Å². The van der Waals surface area contributed by atoms with Crippen molar-refractivity contribution in [1.82, 2.24) is 9.55 Å². The highest BCUT2D eigenvalue weighted by Crippen LogP contribution is 2.24. The van der Waals surface area contributed by atoms with Gasteiger partial charge in [0, 0.05) is 31.2 Å². The molecule has 3 aromatic rings. The van der Waals surface area contributed by atoms with E-state index >= 15 is 0 Å². The Bertz CT molecular complexity index is 793. The molecule has 0 bridgehead atoms. The van der Waals surface area contributed by atoms with Crippen LogP contribution in [0.2, 0.25) is 0 Å². The molecule has 27 heavy (non-hydrogen) atoms. The van der Waals surface area contributed by atoms with Crippen LogP contribution in [0.5, 0.6) is 5.75 Å². The average Bonchev–Trinajstić information content (AvgIpc) is 3.42. The van der Waals surface area contributed by atoms with Crippen LogP contribution >= 0.6 is 0 Å². The summed E-state index contributed by atoms with van der Waals surface area (Å²) in [5.41, 5.74) is 2.65. The molecule has 1 atom stereocenters. The van der Waals surface area contributed by atoms with Crippen molar-refractivity contribution in [3.63, 3.8) is 0 Å². The first-order chi connectivity index (χ1) is 13.4.